The molecule has 1 atom stereocenters. The Labute approximate surface area is 120 Å². The summed E-state index contributed by atoms with van der Waals surface area (Å²) in [4.78, 5) is 7.35. The van der Waals surface area contributed by atoms with E-state index in [4.69, 9.17) is 10.7 Å². The maximum absolute atomic E-state index is 5.99. The van der Waals surface area contributed by atoms with Crippen LogP contribution in [-0.4, -0.2) is 24.1 Å². The highest BCUT2D eigenvalue weighted by Crippen LogP contribution is 2.27. The Balaban J connectivity index is 2.04. The van der Waals surface area contributed by atoms with Gasteiger partial charge in [-0.05, 0) is 37.5 Å². The highest BCUT2D eigenvalue weighted by molar-refractivity contribution is 5.81. The van der Waals surface area contributed by atoms with E-state index in [9.17, 15) is 0 Å². The molecule has 2 N–H and O–H groups in total. The third kappa shape index (κ3) is 2.50. The molecular weight excluding hydrogens is 246 g/mol. The maximum Gasteiger partial charge on any atom is 0.132 e. The molecule has 0 aliphatic carbocycles. The van der Waals surface area contributed by atoms with Gasteiger partial charge in [0.1, 0.15) is 5.82 Å². The average molecular weight is 269 g/mol. The van der Waals surface area contributed by atoms with Crippen molar-refractivity contribution in [1.29, 1.82) is 0 Å². The van der Waals surface area contributed by atoms with Gasteiger partial charge >= 0.3 is 0 Å². The second-order valence-electron chi connectivity index (χ2n) is 5.75. The summed E-state index contributed by atoms with van der Waals surface area (Å²) in [5.41, 5.74) is 8.32. The minimum Gasteiger partial charge on any atom is -0.352 e. The Kier molecular flexibility index (Phi) is 3.88. The monoisotopic (exact) mass is 269 g/mol. The van der Waals surface area contributed by atoms with Crippen LogP contribution in [-0.2, 0) is 0 Å². The number of hydrogen-bond acceptors (Lipinski definition) is 3. The fourth-order valence-electron chi connectivity index (χ4n) is 3.20. The number of rotatable bonds is 2. The van der Waals surface area contributed by atoms with Crippen molar-refractivity contribution in [2.24, 2.45) is 5.73 Å². The van der Waals surface area contributed by atoms with E-state index in [2.05, 4.69) is 42.2 Å². The third-order valence-electron chi connectivity index (χ3n) is 4.31. The minimum atomic E-state index is 0.435. The summed E-state index contributed by atoms with van der Waals surface area (Å²) in [7, 11) is 0. The maximum atomic E-state index is 5.99. The molecule has 106 valence electrons. The molecule has 1 saturated heterocycles. The van der Waals surface area contributed by atoms with Gasteiger partial charge in [-0.15, -0.1) is 0 Å². The summed E-state index contributed by atoms with van der Waals surface area (Å²) in [6.45, 7) is 3.95. The van der Waals surface area contributed by atoms with Gasteiger partial charge in [0.2, 0.25) is 0 Å². The van der Waals surface area contributed by atoms with Gasteiger partial charge in [0.25, 0.3) is 0 Å². The van der Waals surface area contributed by atoms with Gasteiger partial charge < -0.3 is 10.6 Å². The van der Waals surface area contributed by atoms with E-state index in [-0.39, 0.29) is 0 Å². The number of anilines is 1. The zero-order valence-corrected chi connectivity index (χ0v) is 12.2. The van der Waals surface area contributed by atoms with Gasteiger partial charge in [-0.25, -0.2) is 4.98 Å². The molecule has 20 heavy (non-hydrogen) atoms. The van der Waals surface area contributed by atoms with Gasteiger partial charge in [-0.3, -0.25) is 0 Å². The van der Waals surface area contributed by atoms with Crippen molar-refractivity contribution in [2.45, 2.75) is 38.6 Å². The van der Waals surface area contributed by atoms with Gasteiger partial charge in [-0.1, -0.05) is 31.0 Å². The number of hydrogen-bond donors (Lipinski definition) is 1. The van der Waals surface area contributed by atoms with Crippen molar-refractivity contribution in [2.75, 3.05) is 18.0 Å². The molecule has 3 rings (SSSR count). The zero-order chi connectivity index (χ0) is 13.9. The lowest BCUT2D eigenvalue weighted by atomic mass is 10.1. The number of nitrogens with two attached hydrogens (primary N) is 1. The first kappa shape index (κ1) is 13.4. The molecule has 0 spiro atoms. The molecule has 3 nitrogen and oxygen atoms in total. The molecule has 2 heterocycles. The minimum absolute atomic E-state index is 0.435. The quantitative estimate of drug-likeness (QED) is 0.910. The van der Waals surface area contributed by atoms with Crippen molar-refractivity contribution in [3.05, 3.63) is 35.9 Å². The van der Waals surface area contributed by atoms with Crippen molar-refractivity contribution >= 4 is 16.7 Å². The van der Waals surface area contributed by atoms with Crippen molar-refractivity contribution in [3.8, 4) is 0 Å². The molecule has 2 aromatic rings. The lowest BCUT2D eigenvalue weighted by Gasteiger charge is -2.31. The Bertz CT molecular complexity index is 594. The lowest BCUT2D eigenvalue weighted by Crippen LogP contribution is -2.41. The second kappa shape index (κ2) is 5.80. The van der Waals surface area contributed by atoms with E-state index in [1.54, 1.807) is 0 Å². The lowest BCUT2D eigenvalue weighted by molar-refractivity contribution is 0.575. The van der Waals surface area contributed by atoms with Crippen molar-refractivity contribution in [1.82, 2.24) is 4.98 Å². The van der Waals surface area contributed by atoms with Gasteiger partial charge in [-0.2, -0.15) is 0 Å². The Hall–Kier alpha value is -1.61. The summed E-state index contributed by atoms with van der Waals surface area (Å²) in [5.74, 6) is 1.13. The molecule has 1 aromatic carbocycles. The summed E-state index contributed by atoms with van der Waals surface area (Å²) < 4.78 is 0. The molecule has 1 fully saturated rings. The van der Waals surface area contributed by atoms with Crippen LogP contribution in [0.2, 0.25) is 0 Å². The molecule has 1 aliphatic rings. The number of pyridine rings is 1. The third-order valence-corrected chi connectivity index (χ3v) is 4.31. The highest BCUT2D eigenvalue weighted by atomic mass is 15.2. The van der Waals surface area contributed by atoms with E-state index >= 15 is 0 Å². The summed E-state index contributed by atoms with van der Waals surface area (Å²) in [5, 5.41) is 1.22. The molecule has 1 unspecified atom stereocenters. The number of benzene rings is 1. The van der Waals surface area contributed by atoms with Crippen LogP contribution in [0.3, 0.4) is 0 Å². The fraction of sp³-hybridized carbons (Fsp3) is 0.471. The summed E-state index contributed by atoms with van der Waals surface area (Å²) >= 11 is 0. The van der Waals surface area contributed by atoms with Gasteiger partial charge in [0.15, 0.2) is 0 Å². The number of nitrogens with zero attached hydrogens (tertiary/aromatic N) is 2. The highest BCUT2D eigenvalue weighted by Gasteiger charge is 2.22. The van der Waals surface area contributed by atoms with E-state index < -0.39 is 0 Å². The van der Waals surface area contributed by atoms with Crippen LogP contribution in [0.5, 0.6) is 0 Å². The predicted molar refractivity (Wildman–Crippen MR) is 85.1 cm³/mol. The Morgan fingerprint density at radius 3 is 2.95 bits per heavy atom. The van der Waals surface area contributed by atoms with Crippen LogP contribution in [0, 0.1) is 6.92 Å². The molecule has 3 heteroatoms. The van der Waals surface area contributed by atoms with E-state index in [1.165, 1.54) is 36.6 Å². The number of aryl methyl sites for hydroxylation is 1. The van der Waals surface area contributed by atoms with Crippen LogP contribution in [0.1, 0.15) is 31.2 Å². The van der Waals surface area contributed by atoms with Gasteiger partial charge in [0.05, 0.1) is 5.52 Å². The van der Waals surface area contributed by atoms with Gasteiger partial charge in [0, 0.05) is 24.5 Å². The number of para-hydroxylation sites is 1. The summed E-state index contributed by atoms with van der Waals surface area (Å²) in [6, 6.07) is 11.0. The van der Waals surface area contributed by atoms with E-state index in [1.807, 2.05) is 0 Å². The molecule has 0 saturated carbocycles. The molecular formula is C17H23N3. The normalized spacial score (nSPS) is 20.1. The molecule has 0 radical (unpaired) electrons. The Morgan fingerprint density at radius 1 is 1.25 bits per heavy atom. The topological polar surface area (TPSA) is 42.2 Å². The largest absolute Gasteiger partial charge is 0.352 e. The average Bonchev–Trinajstić information content (AvgIpc) is 2.71. The van der Waals surface area contributed by atoms with Crippen molar-refractivity contribution in [3.63, 3.8) is 0 Å². The number of fused-ring (bicyclic) bond motifs is 1. The molecule has 0 bridgehead atoms. The first-order chi connectivity index (χ1) is 9.79. The van der Waals surface area contributed by atoms with E-state index in [0.717, 1.165) is 17.9 Å². The molecule has 0 amide bonds. The SMILES string of the molecule is Cc1cc2ccccc2nc1N1CCCCCC1CN. The van der Waals surface area contributed by atoms with Crippen LogP contribution in [0.25, 0.3) is 10.9 Å². The van der Waals surface area contributed by atoms with Crippen LogP contribution < -0.4 is 10.6 Å². The van der Waals surface area contributed by atoms with Crippen LogP contribution >= 0.6 is 0 Å². The summed E-state index contributed by atoms with van der Waals surface area (Å²) in [6.07, 6.45) is 5.01. The Morgan fingerprint density at radius 2 is 2.10 bits per heavy atom. The smallest absolute Gasteiger partial charge is 0.132 e. The second-order valence-corrected chi connectivity index (χ2v) is 5.75. The standard InChI is InChI=1S/C17H23N3/c1-13-11-14-7-4-5-9-16(14)19-17(13)20-10-6-2-3-8-15(20)12-18/h4-5,7,9,11,15H,2-3,6,8,10,12,18H2,1H3. The van der Waals surface area contributed by atoms with Crippen molar-refractivity contribution < 1.29 is 0 Å². The fourth-order valence-corrected chi connectivity index (χ4v) is 3.20. The molecule has 1 aromatic heterocycles. The first-order valence-electron chi connectivity index (χ1n) is 7.62. The first-order valence-corrected chi connectivity index (χ1v) is 7.62. The predicted octanol–water partition coefficient (Wildman–Crippen LogP) is 3.25. The van der Waals surface area contributed by atoms with Crippen LogP contribution in [0.15, 0.2) is 30.3 Å². The molecule has 1 aliphatic heterocycles. The zero-order valence-electron chi connectivity index (χ0n) is 12.2. The van der Waals surface area contributed by atoms with E-state index in [0.29, 0.717) is 12.6 Å². The number of aromatic nitrogens is 1. The van der Waals surface area contributed by atoms with Crippen LogP contribution in [0.4, 0.5) is 5.82 Å².